The topological polar surface area (TPSA) is 95.2 Å². The molecule has 4 nitrogen and oxygen atoms in total. The summed E-state index contributed by atoms with van der Waals surface area (Å²) in [4.78, 5) is 0. The molecule has 0 heterocycles. The zero-order valence-corrected chi connectivity index (χ0v) is 6.45. The Hall–Kier alpha value is -0.130. The van der Waals surface area contributed by atoms with Crippen LogP contribution in [-0.4, -0.2) is 14.2 Å². The Kier molecular flexibility index (Phi) is 6.11. The number of hydrogen-bond donors (Lipinski definition) is 2. The third-order valence-corrected chi connectivity index (χ3v) is 1.64. The van der Waals surface area contributed by atoms with Crippen LogP contribution in [0.2, 0.25) is 0 Å². The van der Waals surface area contributed by atoms with E-state index in [9.17, 15) is 8.42 Å². The van der Waals surface area contributed by atoms with E-state index in [0.29, 0.717) is 6.42 Å². The highest BCUT2D eigenvalue weighted by Crippen LogP contribution is 1.88. The van der Waals surface area contributed by atoms with Gasteiger partial charge in [0.05, 0.1) is 5.75 Å². The number of primary sulfonamides is 1. The van der Waals surface area contributed by atoms with Gasteiger partial charge in [-0.25, -0.2) is 13.6 Å². The Bertz CT molecular complexity index is 141. The Balaban J connectivity index is 0. The average molecular weight is 154 g/mol. The molecule has 5 heteroatoms. The van der Waals surface area contributed by atoms with Crippen molar-refractivity contribution in [3.8, 4) is 0 Å². The first kappa shape index (κ1) is 11.6. The quantitative estimate of drug-likeness (QED) is 0.609. The van der Waals surface area contributed by atoms with Crippen LogP contribution in [0.5, 0.6) is 0 Å². The number of nitrogens with two attached hydrogens (primary N) is 1. The molecule has 9 heavy (non-hydrogen) atoms. The van der Waals surface area contributed by atoms with E-state index in [0.717, 1.165) is 6.42 Å². The zero-order valence-electron chi connectivity index (χ0n) is 5.63. The van der Waals surface area contributed by atoms with Crippen LogP contribution in [-0.2, 0) is 10.0 Å². The molecular weight excluding hydrogens is 140 g/mol. The summed E-state index contributed by atoms with van der Waals surface area (Å²) in [6.07, 6.45) is 1.54. The maximum Gasteiger partial charge on any atom is 0.209 e. The van der Waals surface area contributed by atoms with E-state index in [1.54, 1.807) is 0 Å². The molecule has 0 aliphatic rings. The predicted molar refractivity (Wildman–Crippen MR) is 37.9 cm³/mol. The van der Waals surface area contributed by atoms with E-state index in [-0.39, 0.29) is 11.9 Å². The summed E-state index contributed by atoms with van der Waals surface area (Å²) in [7, 11) is -3.19. The number of rotatable bonds is 3. The van der Waals surface area contributed by atoms with Gasteiger partial charge in [-0.1, -0.05) is 13.3 Å². The molecule has 0 aromatic heterocycles. The van der Waals surface area contributed by atoms with E-state index in [1.807, 2.05) is 6.92 Å². The van der Waals surface area contributed by atoms with Crippen LogP contribution in [0.4, 0.5) is 0 Å². The molecule has 0 amide bonds. The normalized spacial score (nSPS) is 10.4. The van der Waals surface area contributed by atoms with Crippen LogP contribution in [0.1, 0.15) is 19.8 Å². The molecule has 0 fully saturated rings. The van der Waals surface area contributed by atoms with Gasteiger partial charge < -0.3 is 6.15 Å². The molecule has 5 N–H and O–H groups in total. The third kappa shape index (κ3) is 11.4. The molecule has 58 valence electrons. The number of hydrogen-bond acceptors (Lipinski definition) is 3. The standard InChI is InChI=1S/C4H11NO2S.H3N/c1-2-3-4-8(5,6)7;/h2-4H2,1H3,(H2,5,6,7);1H3. The molecule has 0 saturated carbocycles. The number of unbranched alkanes of at least 4 members (excludes halogenated alkanes) is 1. The van der Waals surface area contributed by atoms with Gasteiger partial charge in [0.2, 0.25) is 10.0 Å². The molecular formula is C4H14N2O2S. The van der Waals surface area contributed by atoms with Gasteiger partial charge in [0, 0.05) is 0 Å². The first-order valence-electron chi connectivity index (χ1n) is 2.56. The molecule has 0 bridgehead atoms. The second-order valence-corrected chi connectivity index (χ2v) is 3.45. The highest BCUT2D eigenvalue weighted by Gasteiger charge is 1.98. The summed E-state index contributed by atoms with van der Waals surface area (Å²) in [6.45, 7) is 1.92. The molecule has 0 rings (SSSR count). The molecule has 0 spiro atoms. The maximum atomic E-state index is 10.2. The summed E-state index contributed by atoms with van der Waals surface area (Å²) in [6, 6.07) is 0. The van der Waals surface area contributed by atoms with Crippen molar-refractivity contribution in [1.29, 1.82) is 0 Å². The molecule has 0 radical (unpaired) electrons. The first-order valence-corrected chi connectivity index (χ1v) is 4.28. The SMILES string of the molecule is CCCCS(N)(=O)=O.N. The summed E-state index contributed by atoms with van der Waals surface area (Å²) in [5.41, 5.74) is 0. The van der Waals surface area contributed by atoms with Crippen molar-refractivity contribution in [2.75, 3.05) is 5.75 Å². The zero-order chi connectivity index (χ0) is 6.62. The maximum absolute atomic E-state index is 10.2. The van der Waals surface area contributed by atoms with E-state index in [2.05, 4.69) is 0 Å². The van der Waals surface area contributed by atoms with Crippen molar-refractivity contribution in [3.63, 3.8) is 0 Å². The van der Waals surface area contributed by atoms with E-state index in [1.165, 1.54) is 0 Å². The largest absolute Gasteiger partial charge is 0.344 e. The minimum absolute atomic E-state index is 0. The van der Waals surface area contributed by atoms with Crippen molar-refractivity contribution >= 4 is 10.0 Å². The first-order chi connectivity index (χ1) is 3.56. The third-order valence-electron chi connectivity index (χ3n) is 0.782. The average Bonchev–Trinajstić information content (AvgIpc) is 1.59. The lowest BCUT2D eigenvalue weighted by Gasteiger charge is -1.91. The highest BCUT2D eigenvalue weighted by molar-refractivity contribution is 7.89. The molecule has 0 unspecified atom stereocenters. The van der Waals surface area contributed by atoms with Gasteiger partial charge in [0.1, 0.15) is 0 Å². The van der Waals surface area contributed by atoms with Crippen molar-refractivity contribution in [3.05, 3.63) is 0 Å². The molecule has 0 saturated heterocycles. The van der Waals surface area contributed by atoms with E-state index < -0.39 is 10.0 Å². The molecule has 0 atom stereocenters. The lowest BCUT2D eigenvalue weighted by atomic mass is 10.4. The summed E-state index contributed by atoms with van der Waals surface area (Å²) < 4.78 is 20.3. The molecule has 0 aliphatic heterocycles. The molecule has 0 aliphatic carbocycles. The monoisotopic (exact) mass is 154 g/mol. The van der Waals surface area contributed by atoms with Crippen LogP contribution >= 0.6 is 0 Å². The lowest BCUT2D eigenvalue weighted by molar-refractivity contribution is 0.594. The smallest absolute Gasteiger partial charge is 0.209 e. The van der Waals surface area contributed by atoms with Crippen LogP contribution in [0, 0.1) is 0 Å². The van der Waals surface area contributed by atoms with Gasteiger partial charge in [-0.05, 0) is 6.42 Å². The van der Waals surface area contributed by atoms with Crippen LogP contribution in [0.3, 0.4) is 0 Å². The fraction of sp³-hybridized carbons (Fsp3) is 1.00. The molecule has 0 aromatic carbocycles. The summed E-state index contributed by atoms with van der Waals surface area (Å²) in [5.74, 6) is 0.115. The number of sulfonamides is 1. The lowest BCUT2D eigenvalue weighted by Crippen LogP contribution is -2.15. The van der Waals surface area contributed by atoms with E-state index >= 15 is 0 Å². The summed E-state index contributed by atoms with van der Waals surface area (Å²) >= 11 is 0. The minimum atomic E-state index is -3.19. The van der Waals surface area contributed by atoms with Crippen molar-refractivity contribution < 1.29 is 8.42 Å². The van der Waals surface area contributed by atoms with Crippen molar-refractivity contribution in [1.82, 2.24) is 6.15 Å². The Morgan fingerprint density at radius 1 is 1.44 bits per heavy atom. The van der Waals surface area contributed by atoms with Gasteiger partial charge in [-0.3, -0.25) is 0 Å². The Morgan fingerprint density at radius 3 is 2.00 bits per heavy atom. The second-order valence-electron chi connectivity index (χ2n) is 1.72. The van der Waals surface area contributed by atoms with Crippen LogP contribution < -0.4 is 11.3 Å². The van der Waals surface area contributed by atoms with Crippen LogP contribution in [0.25, 0.3) is 0 Å². The van der Waals surface area contributed by atoms with Gasteiger partial charge in [0.25, 0.3) is 0 Å². The molecule has 0 aromatic rings. The van der Waals surface area contributed by atoms with Crippen molar-refractivity contribution in [2.24, 2.45) is 5.14 Å². The highest BCUT2D eigenvalue weighted by atomic mass is 32.2. The Morgan fingerprint density at radius 2 is 1.89 bits per heavy atom. The van der Waals surface area contributed by atoms with Crippen LogP contribution in [0.15, 0.2) is 0 Å². The van der Waals surface area contributed by atoms with Gasteiger partial charge >= 0.3 is 0 Å². The van der Waals surface area contributed by atoms with Crippen molar-refractivity contribution in [2.45, 2.75) is 19.8 Å². The fourth-order valence-electron chi connectivity index (χ4n) is 0.346. The van der Waals surface area contributed by atoms with Gasteiger partial charge in [-0.2, -0.15) is 0 Å². The van der Waals surface area contributed by atoms with E-state index in [4.69, 9.17) is 5.14 Å². The Labute approximate surface area is 56.1 Å². The predicted octanol–water partition coefficient (Wildman–Crippen LogP) is 0.237. The minimum Gasteiger partial charge on any atom is -0.344 e. The second kappa shape index (κ2) is 4.72. The van der Waals surface area contributed by atoms with Gasteiger partial charge in [0.15, 0.2) is 0 Å². The summed E-state index contributed by atoms with van der Waals surface area (Å²) in [5, 5.41) is 4.69. The van der Waals surface area contributed by atoms with Gasteiger partial charge in [-0.15, -0.1) is 0 Å². The fourth-order valence-corrected chi connectivity index (χ4v) is 1.04.